The fraction of sp³-hybridized carbons (Fsp3) is 0.355. The topological polar surface area (TPSA) is 105 Å². The lowest BCUT2D eigenvalue weighted by atomic mass is 10.1. The Bertz CT molecular complexity index is 1400. The van der Waals surface area contributed by atoms with Crippen LogP contribution < -0.4 is 19.1 Å². The highest BCUT2D eigenvalue weighted by atomic mass is 32.2. The predicted molar refractivity (Wildman–Crippen MR) is 160 cm³/mol. The van der Waals surface area contributed by atoms with Crippen molar-refractivity contribution in [1.82, 2.24) is 10.2 Å². The Morgan fingerprint density at radius 2 is 1.46 bits per heavy atom. The zero-order valence-electron chi connectivity index (χ0n) is 24.2. The van der Waals surface area contributed by atoms with Gasteiger partial charge in [0.25, 0.3) is 10.0 Å². The van der Waals surface area contributed by atoms with Crippen LogP contribution >= 0.6 is 0 Å². The summed E-state index contributed by atoms with van der Waals surface area (Å²) in [7, 11) is -1.24. The smallest absolute Gasteiger partial charge is 0.264 e. The van der Waals surface area contributed by atoms with Crippen LogP contribution in [0.15, 0.2) is 83.8 Å². The molecule has 3 aromatic carbocycles. The molecule has 0 heterocycles. The summed E-state index contributed by atoms with van der Waals surface area (Å²) in [6.45, 7) is 5.79. The highest BCUT2D eigenvalue weighted by Gasteiger charge is 2.32. The molecule has 1 unspecified atom stereocenters. The van der Waals surface area contributed by atoms with E-state index in [4.69, 9.17) is 9.47 Å². The van der Waals surface area contributed by atoms with Crippen LogP contribution in [0.5, 0.6) is 11.5 Å². The Kier molecular flexibility index (Phi) is 11.2. The van der Waals surface area contributed by atoms with Gasteiger partial charge in [0.2, 0.25) is 11.8 Å². The average Bonchev–Trinajstić information content (AvgIpc) is 2.99. The number of rotatable bonds is 14. The van der Waals surface area contributed by atoms with Crippen LogP contribution in [0.1, 0.15) is 26.3 Å². The minimum atomic E-state index is -4.17. The average molecular weight is 582 g/mol. The Balaban J connectivity index is 2.01. The van der Waals surface area contributed by atoms with Crippen LogP contribution in [0.3, 0.4) is 0 Å². The molecule has 3 aromatic rings. The first-order chi connectivity index (χ1) is 19.6. The van der Waals surface area contributed by atoms with Crippen molar-refractivity contribution >= 4 is 27.5 Å². The van der Waals surface area contributed by atoms with Gasteiger partial charge >= 0.3 is 0 Å². The standard InChI is InChI=1S/C31H39N3O6S/c1-23(2)21-32-31(36)24(3)33(19-18-25-12-8-6-9-13-25)30(35)22-34(41(37,38)27-14-10-7-11-15-27)26-16-17-28(39-4)29(20-26)40-5/h6-17,20,23-24H,18-19,21-22H2,1-5H3,(H,32,36). The summed E-state index contributed by atoms with van der Waals surface area (Å²) in [5.74, 6) is 0.148. The summed E-state index contributed by atoms with van der Waals surface area (Å²) in [5, 5.41) is 2.89. The molecule has 0 radical (unpaired) electrons. The zero-order chi connectivity index (χ0) is 30.0. The minimum absolute atomic E-state index is 0.0288. The normalized spacial score (nSPS) is 12.0. The number of hydrogen-bond acceptors (Lipinski definition) is 6. The molecular formula is C31H39N3O6S. The number of methoxy groups -OCH3 is 2. The highest BCUT2D eigenvalue weighted by molar-refractivity contribution is 7.92. The molecule has 0 bridgehead atoms. The number of nitrogens with one attached hydrogen (secondary N) is 1. The fourth-order valence-electron chi connectivity index (χ4n) is 4.25. The van der Waals surface area contributed by atoms with Crippen molar-refractivity contribution in [2.75, 3.05) is 38.2 Å². The van der Waals surface area contributed by atoms with E-state index in [0.29, 0.717) is 24.5 Å². The third-order valence-electron chi connectivity index (χ3n) is 6.60. The van der Waals surface area contributed by atoms with Gasteiger partial charge in [-0.25, -0.2) is 8.42 Å². The summed E-state index contributed by atoms with van der Waals surface area (Å²) in [4.78, 5) is 28.5. The van der Waals surface area contributed by atoms with Crippen molar-refractivity contribution < 1.29 is 27.5 Å². The third-order valence-corrected chi connectivity index (χ3v) is 8.39. The molecule has 0 aliphatic heterocycles. The van der Waals surface area contributed by atoms with Crippen LogP contribution in [0.2, 0.25) is 0 Å². The lowest BCUT2D eigenvalue weighted by molar-refractivity contribution is -0.138. The van der Waals surface area contributed by atoms with Crippen LogP contribution in [-0.2, 0) is 26.0 Å². The minimum Gasteiger partial charge on any atom is -0.493 e. The molecule has 0 spiro atoms. The maximum absolute atomic E-state index is 14.0. The number of carbonyl (C=O) groups excluding carboxylic acids is 2. The van der Waals surface area contributed by atoms with E-state index in [-0.39, 0.29) is 29.0 Å². The van der Waals surface area contributed by atoms with E-state index in [1.165, 1.54) is 37.3 Å². The van der Waals surface area contributed by atoms with Crippen LogP contribution in [0.4, 0.5) is 5.69 Å². The number of sulfonamides is 1. The quantitative estimate of drug-likeness (QED) is 0.307. The van der Waals surface area contributed by atoms with Gasteiger partial charge in [0, 0.05) is 19.2 Å². The highest BCUT2D eigenvalue weighted by Crippen LogP contribution is 2.34. The van der Waals surface area contributed by atoms with Gasteiger partial charge in [-0.1, -0.05) is 62.4 Å². The van der Waals surface area contributed by atoms with Gasteiger partial charge in [0.15, 0.2) is 11.5 Å². The van der Waals surface area contributed by atoms with Gasteiger partial charge in [0.05, 0.1) is 24.8 Å². The van der Waals surface area contributed by atoms with E-state index >= 15 is 0 Å². The largest absolute Gasteiger partial charge is 0.493 e. The molecule has 1 N–H and O–H groups in total. The molecule has 0 saturated carbocycles. The van der Waals surface area contributed by atoms with E-state index in [9.17, 15) is 18.0 Å². The van der Waals surface area contributed by atoms with E-state index < -0.39 is 28.5 Å². The summed E-state index contributed by atoms with van der Waals surface area (Å²) < 4.78 is 39.6. The van der Waals surface area contributed by atoms with E-state index in [1.54, 1.807) is 37.3 Å². The summed E-state index contributed by atoms with van der Waals surface area (Å²) in [6, 6.07) is 21.4. The van der Waals surface area contributed by atoms with Gasteiger partial charge in [-0.05, 0) is 49.1 Å². The summed E-state index contributed by atoms with van der Waals surface area (Å²) in [5.41, 5.74) is 1.22. The lowest BCUT2D eigenvalue weighted by Gasteiger charge is -2.32. The Morgan fingerprint density at radius 1 is 0.854 bits per heavy atom. The molecule has 0 aromatic heterocycles. The van der Waals surface area contributed by atoms with Crippen LogP contribution in [0, 0.1) is 5.92 Å². The monoisotopic (exact) mass is 581 g/mol. The summed E-state index contributed by atoms with van der Waals surface area (Å²) in [6.07, 6.45) is 0.496. The first kappa shape index (κ1) is 31.5. The van der Waals surface area contributed by atoms with Gasteiger partial charge < -0.3 is 19.7 Å². The molecule has 3 rings (SSSR count). The lowest BCUT2D eigenvalue weighted by Crippen LogP contribution is -2.52. The molecule has 2 amide bonds. The first-order valence-corrected chi connectivity index (χ1v) is 14.9. The molecular weight excluding hydrogens is 542 g/mol. The van der Waals surface area contributed by atoms with Crippen molar-refractivity contribution in [2.24, 2.45) is 5.92 Å². The Hall–Kier alpha value is -4.05. The van der Waals surface area contributed by atoms with Crippen molar-refractivity contribution in [3.8, 4) is 11.5 Å². The molecule has 0 aliphatic carbocycles. The third kappa shape index (κ3) is 8.23. The van der Waals surface area contributed by atoms with E-state index in [0.717, 1.165) is 9.87 Å². The SMILES string of the molecule is COc1ccc(N(CC(=O)N(CCc2ccccc2)C(C)C(=O)NCC(C)C)S(=O)(=O)c2ccccc2)cc1OC. The van der Waals surface area contributed by atoms with E-state index in [2.05, 4.69) is 5.32 Å². The molecule has 10 heteroatoms. The maximum Gasteiger partial charge on any atom is 0.264 e. The molecule has 0 aliphatic rings. The molecule has 41 heavy (non-hydrogen) atoms. The molecule has 220 valence electrons. The second kappa shape index (κ2) is 14.5. The van der Waals surface area contributed by atoms with Gasteiger partial charge in [-0.15, -0.1) is 0 Å². The summed E-state index contributed by atoms with van der Waals surface area (Å²) >= 11 is 0. The van der Waals surface area contributed by atoms with Crippen LogP contribution in [0.25, 0.3) is 0 Å². The Morgan fingerprint density at radius 3 is 2.05 bits per heavy atom. The van der Waals surface area contributed by atoms with Gasteiger partial charge in [-0.3, -0.25) is 13.9 Å². The number of anilines is 1. The number of carbonyl (C=O) groups is 2. The second-order valence-electron chi connectivity index (χ2n) is 10.0. The number of nitrogens with zero attached hydrogens (tertiary/aromatic N) is 2. The number of benzene rings is 3. The molecule has 0 saturated heterocycles. The van der Waals surface area contributed by atoms with Crippen molar-refractivity contribution in [1.29, 1.82) is 0 Å². The van der Waals surface area contributed by atoms with Crippen LogP contribution in [-0.4, -0.2) is 65.0 Å². The predicted octanol–water partition coefficient (Wildman–Crippen LogP) is 4.13. The van der Waals surface area contributed by atoms with Crippen molar-refractivity contribution in [2.45, 2.75) is 38.1 Å². The number of ether oxygens (including phenoxy) is 2. The first-order valence-electron chi connectivity index (χ1n) is 13.5. The molecule has 1 atom stereocenters. The van der Waals surface area contributed by atoms with Crippen molar-refractivity contribution in [3.05, 3.63) is 84.4 Å². The number of amides is 2. The van der Waals surface area contributed by atoms with Gasteiger partial charge in [-0.2, -0.15) is 0 Å². The number of hydrogen-bond donors (Lipinski definition) is 1. The van der Waals surface area contributed by atoms with Crippen molar-refractivity contribution in [3.63, 3.8) is 0 Å². The second-order valence-corrected chi connectivity index (χ2v) is 11.9. The zero-order valence-corrected chi connectivity index (χ0v) is 25.1. The fourth-order valence-corrected chi connectivity index (χ4v) is 5.68. The van der Waals surface area contributed by atoms with Gasteiger partial charge in [0.1, 0.15) is 12.6 Å². The van der Waals surface area contributed by atoms with E-state index in [1.807, 2.05) is 44.2 Å². The molecule has 9 nitrogen and oxygen atoms in total. The maximum atomic E-state index is 14.0. The Labute approximate surface area is 243 Å². The molecule has 0 fully saturated rings.